The van der Waals surface area contributed by atoms with Gasteiger partial charge in [0.2, 0.25) is 0 Å². The summed E-state index contributed by atoms with van der Waals surface area (Å²) in [7, 11) is 0. The third-order valence-electron chi connectivity index (χ3n) is 3.28. The van der Waals surface area contributed by atoms with Crippen molar-refractivity contribution in [3.63, 3.8) is 0 Å². The first kappa shape index (κ1) is 11.9. The molecule has 1 aliphatic carbocycles. The summed E-state index contributed by atoms with van der Waals surface area (Å²) >= 11 is 0. The van der Waals surface area contributed by atoms with Gasteiger partial charge < -0.3 is 15.6 Å². The average Bonchev–Trinajstić information content (AvgIpc) is 2.17. The summed E-state index contributed by atoms with van der Waals surface area (Å²) in [4.78, 5) is 10.8. The van der Waals surface area contributed by atoms with Gasteiger partial charge in [-0.25, -0.2) is 0 Å². The summed E-state index contributed by atoms with van der Waals surface area (Å²) in [5.74, 6) is 0.208. The van der Waals surface area contributed by atoms with Crippen LogP contribution < -0.4 is 10.5 Å². The number of carbonyl (C=O) groups is 1. The lowest BCUT2D eigenvalue weighted by molar-refractivity contribution is -0.132. The molecule has 1 saturated carbocycles. The fourth-order valence-corrected chi connectivity index (χ4v) is 2.05. The molecule has 0 aromatic heterocycles. The number of nitrogens with two attached hydrogens (primary N) is 1. The number of phenols is 1. The average molecular weight is 235 g/mol. The monoisotopic (exact) mass is 235 g/mol. The quantitative estimate of drug-likeness (QED) is 0.621. The van der Waals surface area contributed by atoms with Gasteiger partial charge in [0, 0.05) is 13.0 Å². The van der Waals surface area contributed by atoms with Gasteiger partial charge in [-0.1, -0.05) is 12.5 Å². The highest BCUT2D eigenvalue weighted by Gasteiger charge is 2.26. The van der Waals surface area contributed by atoms with E-state index in [-0.39, 0.29) is 17.5 Å². The van der Waals surface area contributed by atoms with Gasteiger partial charge in [0.05, 0.1) is 0 Å². The topological polar surface area (TPSA) is 72.5 Å². The van der Waals surface area contributed by atoms with Gasteiger partial charge in [-0.05, 0) is 36.5 Å². The molecule has 0 unspecified atom stereocenters. The number of aromatic hydroxyl groups is 1. The molecule has 0 aliphatic heterocycles. The highest BCUT2D eigenvalue weighted by molar-refractivity contribution is 5.70. The van der Waals surface area contributed by atoms with E-state index in [1.165, 1.54) is 13.3 Å². The molecule has 2 rings (SSSR count). The SMILES string of the molecule is CC(=O)Oc1ccc([C@H](N)C2CCC2)cc1O. The minimum atomic E-state index is -0.448. The van der Waals surface area contributed by atoms with E-state index in [4.69, 9.17) is 10.5 Å². The van der Waals surface area contributed by atoms with Crippen LogP contribution in [0.5, 0.6) is 11.5 Å². The van der Waals surface area contributed by atoms with Gasteiger partial charge in [0.1, 0.15) is 0 Å². The highest BCUT2D eigenvalue weighted by atomic mass is 16.5. The van der Waals surface area contributed by atoms with Crippen molar-refractivity contribution in [2.75, 3.05) is 0 Å². The Bertz CT molecular complexity index is 427. The molecular weight excluding hydrogens is 218 g/mol. The zero-order valence-electron chi connectivity index (χ0n) is 9.85. The van der Waals surface area contributed by atoms with Crippen molar-refractivity contribution >= 4 is 5.97 Å². The van der Waals surface area contributed by atoms with Crippen LogP contribution in [0.25, 0.3) is 0 Å². The minimum absolute atomic E-state index is 0.0347. The summed E-state index contributed by atoms with van der Waals surface area (Å²) < 4.78 is 4.85. The zero-order chi connectivity index (χ0) is 12.4. The lowest BCUT2D eigenvalue weighted by Gasteiger charge is -2.31. The van der Waals surface area contributed by atoms with Crippen LogP contribution in [-0.4, -0.2) is 11.1 Å². The Hall–Kier alpha value is -1.55. The number of phenolic OH excluding ortho intramolecular Hbond substituents is 1. The van der Waals surface area contributed by atoms with Crippen molar-refractivity contribution in [1.82, 2.24) is 0 Å². The van der Waals surface area contributed by atoms with Crippen LogP contribution in [0.4, 0.5) is 0 Å². The summed E-state index contributed by atoms with van der Waals surface area (Å²) in [6, 6.07) is 4.94. The first-order chi connectivity index (χ1) is 8.08. The lowest BCUT2D eigenvalue weighted by Crippen LogP contribution is -2.26. The number of carbonyl (C=O) groups excluding carboxylic acids is 1. The Balaban J connectivity index is 2.14. The fourth-order valence-electron chi connectivity index (χ4n) is 2.05. The largest absolute Gasteiger partial charge is 0.504 e. The molecule has 1 fully saturated rings. The van der Waals surface area contributed by atoms with Crippen molar-refractivity contribution in [2.24, 2.45) is 11.7 Å². The highest BCUT2D eigenvalue weighted by Crippen LogP contribution is 2.38. The summed E-state index contributed by atoms with van der Waals surface area (Å²) in [5.41, 5.74) is 6.99. The Morgan fingerprint density at radius 2 is 2.24 bits per heavy atom. The number of ether oxygens (including phenoxy) is 1. The van der Waals surface area contributed by atoms with E-state index in [1.807, 2.05) is 0 Å². The molecule has 4 nitrogen and oxygen atoms in total. The van der Waals surface area contributed by atoms with E-state index in [9.17, 15) is 9.90 Å². The van der Waals surface area contributed by atoms with Crippen molar-refractivity contribution in [2.45, 2.75) is 32.2 Å². The third kappa shape index (κ3) is 2.58. The molecule has 1 aliphatic rings. The fraction of sp³-hybridized carbons (Fsp3) is 0.462. The molecule has 1 aromatic rings. The van der Waals surface area contributed by atoms with E-state index in [2.05, 4.69) is 0 Å². The molecule has 3 N–H and O–H groups in total. The van der Waals surface area contributed by atoms with E-state index >= 15 is 0 Å². The molecule has 0 spiro atoms. The number of benzene rings is 1. The first-order valence-corrected chi connectivity index (χ1v) is 5.85. The van der Waals surface area contributed by atoms with E-state index in [0.29, 0.717) is 5.92 Å². The van der Waals surface area contributed by atoms with E-state index in [0.717, 1.165) is 18.4 Å². The maximum absolute atomic E-state index is 10.8. The van der Waals surface area contributed by atoms with Gasteiger partial charge in [-0.15, -0.1) is 0 Å². The number of hydrogen-bond acceptors (Lipinski definition) is 4. The van der Waals surface area contributed by atoms with Crippen molar-refractivity contribution < 1.29 is 14.6 Å². The molecule has 0 saturated heterocycles. The van der Waals surface area contributed by atoms with Gasteiger partial charge in [-0.3, -0.25) is 4.79 Å². The normalized spacial score (nSPS) is 17.3. The second kappa shape index (κ2) is 4.75. The summed E-state index contributed by atoms with van der Waals surface area (Å²) in [6.45, 7) is 1.30. The van der Waals surface area contributed by atoms with Crippen LogP contribution in [0.3, 0.4) is 0 Å². The van der Waals surface area contributed by atoms with E-state index < -0.39 is 5.97 Å². The molecule has 1 atom stereocenters. The van der Waals surface area contributed by atoms with Crippen molar-refractivity contribution in [3.8, 4) is 11.5 Å². The Labute approximate surface area is 100 Å². The minimum Gasteiger partial charge on any atom is -0.504 e. The molecule has 0 amide bonds. The molecule has 0 radical (unpaired) electrons. The standard InChI is InChI=1S/C13H17NO3/c1-8(15)17-12-6-5-10(7-11(12)16)13(14)9-3-2-4-9/h5-7,9,13,16H,2-4,14H2,1H3/t13-/m1/s1. The predicted molar refractivity (Wildman–Crippen MR) is 63.7 cm³/mol. The van der Waals surface area contributed by atoms with Crippen molar-refractivity contribution in [3.05, 3.63) is 23.8 Å². The van der Waals surface area contributed by atoms with Gasteiger partial charge >= 0.3 is 5.97 Å². The molecule has 0 heterocycles. The molecule has 1 aromatic carbocycles. The summed E-state index contributed by atoms with van der Waals surface area (Å²) in [5, 5.41) is 9.73. The Morgan fingerprint density at radius 1 is 1.53 bits per heavy atom. The van der Waals surface area contributed by atoms with Crippen LogP contribution in [0.1, 0.15) is 37.8 Å². The van der Waals surface area contributed by atoms with Crippen LogP contribution in [0.15, 0.2) is 18.2 Å². The summed E-state index contributed by atoms with van der Waals surface area (Å²) in [6.07, 6.45) is 3.52. The van der Waals surface area contributed by atoms with Crippen LogP contribution in [-0.2, 0) is 4.79 Å². The smallest absolute Gasteiger partial charge is 0.308 e. The van der Waals surface area contributed by atoms with Gasteiger partial charge in [0.15, 0.2) is 11.5 Å². The number of rotatable bonds is 3. The van der Waals surface area contributed by atoms with Gasteiger partial charge in [-0.2, -0.15) is 0 Å². The second-order valence-electron chi connectivity index (χ2n) is 4.54. The maximum atomic E-state index is 10.8. The molecule has 0 bridgehead atoms. The van der Waals surface area contributed by atoms with Gasteiger partial charge in [0.25, 0.3) is 0 Å². The predicted octanol–water partition coefficient (Wildman–Crippen LogP) is 2.12. The second-order valence-corrected chi connectivity index (χ2v) is 4.54. The third-order valence-corrected chi connectivity index (χ3v) is 3.28. The lowest BCUT2D eigenvalue weighted by atomic mass is 9.77. The first-order valence-electron chi connectivity index (χ1n) is 5.85. The molecule has 4 heteroatoms. The molecule has 92 valence electrons. The zero-order valence-corrected chi connectivity index (χ0v) is 9.85. The van der Waals surface area contributed by atoms with E-state index in [1.54, 1.807) is 18.2 Å². The number of hydrogen-bond donors (Lipinski definition) is 2. The molecule has 17 heavy (non-hydrogen) atoms. The van der Waals surface area contributed by atoms with Crippen LogP contribution in [0.2, 0.25) is 0 Å². The Kier molecular flexibility index (Phi) is 3.33. The van der Waals surface area contributed by atoms with Crippen molar-refractivity contribution in [1.29, 1.82) is 0 Å². The number of esters is 1. The van der Waals surface area contributed by atoms with Crippen LogP contribution in [0, 0.1) is 5.92 Å². The Morgan fingerprint density at radius 3 is 2.71 bits per heavy atom. The molecular formula is C13H17NO3. The van der Waals surface area contributed by atoms with Crippen LogP contribution >= 0.6 is 0 Å². The maximum Gasteiger partial charge on any atom is 0.308 e.